The monoisotopic (exact) mass is 415 g/mol. The number of fused-ring (bicyclic) bond motifs is 1. The Balaban J connectivity index is 2.12. The number of primary amides is 1. The largest absolute Gasteiger partial charge is 0.370 e. The van der Waals surface area contributed by atoms with E-state index in [4.69, 9.17) is 17.3 Å². The van der Waals surface area contributed by atoms with Crippen molar-refractivity contribution >= 4 is 40.2 Å². The summed E-state index contributed by atoms with van der Waals surface area (Å²) in [4.78, 5) is 28.9. The number of carbonyl (C=O) groups is 1. The first-order chi connectivity index (χ1) is 13.4. The molecule has 2 aromatic carbocycles. The second kappa shape index (κ2) is 8.80. The van der Waals surface area contributed by atoms with Gasteiger partial charge in [0.2, 0.25) is 5.91 Å². The Morgan fingerprint density at radius 2 is 1.96 bits per heavy atom. The average Bonchev–Trinajstić information content (AvgIpc) is 2.67. The average molecular weight is 416 g/mol. The number of benzene rings is 2. The molecular weight excluding hydrogens is 394 g/mol. The summed E-state index contributed by atoms with van der Waals surface area (Å²) in [5, 5.41) is 1.52. The summed E-state index contributed by atoms with van der Waals surface area (Å²) in [6, 6.07) is 13.0. The van der Waals surface area contributed by atoms with Gasteiger partial charge < -0.3 is 5.73 Å². The molecule has 5 nitrogen and oxygen atoms in total. The molecule has 7 heteroatoms. The zero-order valence-corrected chi connectivity index (χ0v) is 17.4. The van der Waals surface area contributed by atoms with Gasteiger partial charge in [-0.25, -0.2) is 4.98 Å². The highest BCUT2D eigenvalue weighted by molar-refractivity contribution is 7.99. The van der Waals surface area contributed by atoms with Gasteiger partial charge in [0.15, 0.2) is 5.16 Å². The number of carbonyl (C=O) groups excluding carboxylic acids is 1. The van der Waals surface area contributed by atoms with Gasteiger partial charge in [0.05, 0.1) is 16.6 Å². The second-order valence-electron chi connectivity index (χ2n) is 6.66. The normalized spacial score (nSPS) is 12.2. The number of nitrogens with two attached hydrogens (primary N) is 1. The van der Waals surface area contributed by atoms with Gasteiger partial charge in [-0.1, -0.05) is 49.3 Å². The molecule has 0 aliphatic carbocycles. The number of halogens is 1. The molecule has 3 aromatic rings. The van der Waals surface area contributed by atoms with Crippen LogP contribution in [0.25, 0.3) is 16.6 Å². The van der Waals surface area contributed by atoms with Crippen LogP contribution in [0.2, 0.25) is 5.02 Å². The molecule has 146 valence electrons. The maximum atomic E-state index is 13.2. The summed E-state index contributed by atoms with van der Waals surface area (Å²) >= 11 is 7.40. The zero-order valence-electron chi connectivity index (χ0n) is 15.8. The van der Waals surface area contributed by atoms with Crippen molar-refractivity contribution in [2.75, 3.05) is 5.75 Å². The van der Waals surface area contributed by atoms with Gasteiger partial charge in [-0.05, 0) is 48.2 Å². The molecule has 0 spiro atoms. The molecule has 0 aliphatic heterocycles. The number of amides is 1. The second-order valence-corrected chi connectivity index (χ2v) is 8.16. The molecule has 0 fully saturated rings. The van der Waals surface area contributed by atoms with E-state index in [1.807, 2.05) is 24.3 Å². The summed E-state index contributed by atoms with van der Waals surface area (Å²) in [7, 11) is 0. The van der Waals surface area contributed by atoms with Gasteiger partial charge in [0.25, 0.3) is 5.56 Å². The lowest BCUT2D eigenvalue weighted by atomic mass is 9.98. The number of thioether (sulfide) groups is 1. The maximum absolute atomic E-state index is 13.2. The standard InChI is InChI=1S/C21H22ClN3O2S/c1-3-13(2)14-4-7-16(8-5-14)25-20(27)17-9-6-15(22)12-18(17)24-21(25)28-11-10-19(23)26/h4-9,12-13H,3,10-11H2,1-2H3,(H2,23,26)/t13-/m0/s1. The van der Waals surface area contributed by atoms with Crippen LogP contribution in [-0.4, -0.2) is 21.2 Å². The molecule has 1 amide bonds. The molecule has 1 aromatic heterocycles. The smallest absolute Gasteiger partial charge is 0.266 e. The van der Waals surface area contributed by atoms with E-state index in [0.29, 0.717) is 32.8 Å². The van der Waals surface area contributed by atoms with Crippen LogP contribution in [0.15, 0.2) is 52.4 Å². The number of aromatic nitrogens is 2. The van der Waals surface area contributed by atoms with Gasteiger partial charge in [0, 0.05) is 17.2 Å². The highest BCUT2D eigenvalue weighted by Crippen LogP contribution is 2.25. The SMILES string of the molecule is CC[C@H](C)c1ccc(-n2c(SCCC(N)=O)nc3cc(Cl)ccc3c2=O)cc1. The Morgan fingerprint density at radius 3 is 2.61 bits per heavy atom. The summed E-state index contributed by atoms with van der Waals surface area (Å²) < 4.78 is 1.59. The molecule has 1 atom stereocenters. The maximum Gasteiger partial charge on any atom is 0.266 e. The summed E-state index contributed by atoms with van der Waals surface area (Å²) in [5.41, 5.74) is 7.58. The first-order valence-corrected chi connectivity index (χ1v) is 10.5. The van der Waals surface area contributed by atoms with Crippen molar-refractivity contribution in [2.45, 2.75) is 37.8 Å². The first-order valence-electron chi connectivity index (χ1n) is 9.14. The fraction of sp³-hybridized carbons (Fsp3) is 0.286. The minimum atomic E-state index is -0.386. The molecule has 0 aliphatic rings. The van der Waals surface area contributed by atoms with Crippen molar-refractivity contribution in [1.82, 2.24) is 9.55 Å². The van der Waals surface area contributed by atoms with Crippen LogP contribution in [0, 0.1) is 0 Å². The van der Waals surface area contributed by atoms with Crippen molar-refractivity contribution in [2.24, 2.45) is 5.73 Å². The van der Waals surface area contributed by atoms with Gasteiger partial charge in [-0.15, -0.1) is 0 Å². The molecule has 0 bridgehead atoms. The van der Waals surface area contributed by atoms with E-state index in [1.165, 1.54) is 17.3 Å². The van der Waals surface area contributed by atoms with Crippen LogP contribution < -0.4 is 11.3 Å². The minimum Gasteiger partial charge on any atom is -0.370 e. The molecule has 2 N–H and O–H groups in total. The molecule has 3 rings (SSSR count). The fourth-order valence-electron chi connectivity index (χ4n) is 2.89. The molecule has 28 heavy (non-hydrogen) atoms. The molecule has 1 heterocycles. The summed E-state index contributed by atoms with van der Waals surface area (Å²) in [6.45, 7) is 4.32. The predicted molar refractivity (Wildman–Crippen MR) is 116 cm³/mol. The van der Waals surface area contributed by atoms with E-state index in [1.54, 1.807) is 22.8 Å². The highest BCUT2D eigenvalue weighted by Gasteiger charge is 2.14. The van der Waals surface area contributed by atoms with Crippen LogP contribution in [0.1, 0.15) is 38.2 Å². The van der Waals surface area contributed by atoms with Gasteiger partial charge in [-0.3, -0.25) is 14.2 Å². The van der Waals surface area contributed by atoms with Crippen molar-refractivity contribution in [3.8, 4) is 5.69 Å². The van der Waals surface area contributed by atoms with E-state index >= 15 is 0 Å². The van der Waals surface area contributed by atoms with E-state index in [0.717, 1.165) is 12.1 Å². The van der Waals surface area contributed by atoms with Crippen molar-refractivity contribution in [3.63, 3.8) is 0 Å². The van der Waals surface area contributed by atoms with Crippen molar-refractivity contribution in [1.29, 1.82) is 0 Å². The van der Waals surface area contributed by atoms with E-state index < -0.39 is 0 Å². The molecule has 0 saturated heterocycles. The first kappa shape index (κ1) is 20.4. The Labute approximate surface area is 172 Å². The predicted octanol–water partition coefficient (Wildman–Crippen LogP) is 4.52. The fourth-order valence-corrected chi connectivity index (χ4v) is 4.03. The number of nitrogens with zero attached hydrogens (tertiary/aromatic N) is 2. The van der Waals surface area contributed by atoms with Gasteiger partial charge >= 0.3 is 0 Å². The van der Waals surface area contributed by atoms with Crippen LogP contribution in [-0.2, 0) is 4.79 Å². The van der Waals surface area contributed by atoms with Crippen molar-refractivity contribution in [3.05, 3.63) is 63.4 Å². The van der Waals surface area contributed by atoms with Crippen LogP contribution >= 0.6 is 23.4 Å². The number of rotatable bonds is 7. The lowest BCUT2D eigenvalue weighted by Gasteiger charge is -2.15. The van der Waals surface area contributed by atoms with Crippen molar-refractivity contribution < 1.29 is 4.79 Å². The van der Waals surface area contributed by atoms with Crippen LogP contribution in [0.4, 0.5) is 0 Å². The summed E-state index contributed by atoms with van der Waals surface area (Å²) in [6.07, 6.45) is 1.26. The molecule has 0 radical (unpaired) electrons. The third-order valence-electron chi connectivity index (χ3n) is 4.71. The lowest BCUT2D eigenvalue weighted by Crippen LogP contribution is -2.22. The summed E-state index contributed by atoms with van der Waals surface area (Å²) in [5.74, 6) is 0.508. The Kier molecular flexibility index (Phi) is 6.42. The lowest BCUT2D eigenvalue weighted by molar-refractivity contribution is -0.117. The number of hydrogen-bond acceptors (Lipinski definition) is 4. The topological polar surface area (TPSA) is 78.0 Å². The Morgan fingerprint density at radius 1 is 1.25 bits per heavy atom. The zero-order chi connectivity index (χ0) is 20.3. The van der Waals surface area contributed by atoms with E-state index in [9.17, 15) is 9.59 Å². The quantitative estimate of drug-likeness (QED) is 0.454. The van der Waals surface area contributed by atoms with Crippen LogP contribution in [0.3, 0.4) is 0 Å². The Bertz CT molecular complexity index is 1060. The van der Waals surface area contributed by atoms with Gasteiger partial charge in [0.1, 0.15) is 0 Å². The van der Waals surface area contributed by atoms with E-state index in [-0.39, 0.29) is 17.9 Å². The van der Waals surface area contributed by atoms with E-state index in [2.05, 4.69) is 18.8 Å². The Hall–Kier alpha value is -2.31. The molecule has 0 saturated carbocycles. The van der Waals surface area contributed by atoms with Crippen LogP contribution in [0.5, 0.6) is 0 Å². The number of hydrogen-bond donors (Lipinski definition) is 1. The third kappa shape index (κ3) is 4.39. The molecule has 0 unspecified atom stereocenters. The third-order valence-corrected chi connectivity index (χ3v) is 5.89. The minimum absolute atomic E-state index is 0.167. The molecular formula is C21H22ClN3O2S. The van der Waals surface area contributed by atoms with Gasteiger partial charge in [-0.2, -0.15) is 0 Å². The highest BCUT2D eigenvalue weighted by atomic mass is 35.5.